The van der Waals surface area contributed by atoms with Crippen LogP contribution < -0.4 is 10.1 Å². The first-order valence-electron chi connectivity index (χ1n) is 8.55. The van der Waals surface area contributed by atoms with Crippen molar-refractivity contribution in [2.75, 3.05) is 25.6 Å². The summed E-state index contributed by atoms with van der Waals surface area (Å²) in [5.74, 6) is -6.21. The summed E-state index contributed by atoms with van der Waals surface area (Å²) in [6, 6.07) is 4.82. The lowest BCUT2D eigenvalue weighted by Gasteiger charge is -2.23. The van der Waals surface area contributed by atoms with Gasteiger partial charge in [-0.15, -0.1) is 0 Å². The third-order valence-electron chi connectivity index (χ3n) is 3.99. The summed E-state index contributed by atoms with van der Waals surface area (Å²) in [6.45, 7) is 2.71. The number of aliphatic imine (C=N–C) groups is 1. The van der Waals surface area contributed by atoms with Gasteiger partial charge in [0.2, 0.25) is 5.83 Å². The predicted octanol–water partition coefficient (Wildman–Crippen LogP) is 5.39. The minimum absolute atomic E-state index is 0.0952. The number of nitrogens with one attached hydrogen (secondary N) is 1. The summed E-state index contributed by atoms with van der Waals surface area (Å²) in [4.78, 5) is 15.6. The molecule has 0 bridgehead atoms. The number of hydrogen-bond donors (Lipinski definition) is 1. The van der Waals surface area contributed by atoms with Crippen molar-refractivity contribution in [1.82, 2.24) is 4.90 Å². The van der Waals surface area contributed by atoms with Crippen LogP contribution in [0.2, 0.25) is 5.02 Å². The van der Waals surface area contributed by atoms with E-state index in [1.54, 1.807) is 18.2 Å². The predicted molar refractivity (Wildman–Crippen MR) is 108 cm³/mol. The molecule has 10 heteroatoms. The number of allylic oxidation sites excluding steroid dienone is 5. The maximum absolute atomic E-state index is 14.0. The van der Waals surface area contributed by atoms with E-state index in [1.807, 2.05) is 0 Å². The molecule has 0 spiro atoms. The molecule has 1 aromatic carbocycles. The van der Waals surface area contributed by atoms with Crippen LogP contribution in [0, 0.1) is 0 Å². The van der Waals surface area contributed by atoms with E-state index in [0.717, 1.165) is 18.4 Å². The molecule has 160 valence electrons. The van der Waals surface area contributed by atoms with E-state index in [1.165, 1.54) is 12.0 Å². The number of nitrogens with zero attached hydrogens (tertiary/aromatic N) is 2. The summed E-state index contributed by atoms with van der Waals surface area (Å²) < 4.78 is 59.7. The normalized spacial score (nSPS) is 14.5. The standard InChI is InChI=1S/C20H18ClF4N3O2/c1-26-20(29)17(24)10-28(9-12-3-6-15(22)19(25)16(23)7-12)11-27-18-8-13(30-2)4-5-14(18)21/h4-8,10,27H,1,3,9,11H2,2H3/b17-10+. The van der Waals surface area contributed by atoms with E-state index in [4.69, 9.17) is 16.3 Å². The highest BCUT2D eigenvalue weighted by atomic mass is 35.5. The zero-order valence-electron chi connectivity index (χ0n) is 15.9. The van der Waals surface area contributed by atoms with Crippen molar-refractivity contribution in [3.8, 4) is 5.75 Å². The van der Waals surface area contributed by atoms with Gasteiger partial charge in [0.15, 0.2) is 17.5 Å². The van der Waals surface area contributed by atoms with Crippen molar-refractivity contribution in [2.45, 2.75) is 6.42 Å². The van der Waals surface area contributed by atoms with Crippen LogP contribution in [0.1, 0.15) is 6.42 Å². The Morgan fingerprint density at radius 2 is 2.13 bits per heavy atom. The molecule has 0 saturated carbocycles. The molecule has 1 aromatic rings. The first-order chi connectivity index (χ1) is 14.2. The Kier molecular flexibility index (Phi) is 8.23. The summed E-state index contributed by atoms with van der Waals surface area (Å²) >= 11 is 6.12. The number of anilines is 1. The van der Waals surface area contributed by atoms with Crippen molar-refractivity contribution in [1.29, 1.82) is 0 Å². The number of rotatable bonds is 8. The van der Waals surface area contributed by atoms with Crippen molar-refractivity contribution in [3.05, 3.63) is 70.5 Å². The Morgan fingerprint density at radius 3 is 2.80 bits per heavy atom. The number of methoxy groups -OCH3 is 1. The van der Waals surface area contributed by atoms with Crippen LogP contribution in [-0.2, 0) is 4.79 Å². The molecule has 1 amide bonds. The van der Waals surface area contributed by atoms with E-state index in [-0.39, 0.29) is 25.2 Å². The molecule has 0 fully saturated rings. The van der Waals surface area contributed by atoms with Gasteiger partial charge in [-0.05, 0) is 43.0 Å². The number of halogens is 5. The zero-order valence-corrected chi connectivity index (χ0v) is 16.6. The molecule has 0 unspecified atom stereocenters. The highest BCUT2D eigenvalue weighted by Gasteiger charge is 2.17. The monoisotopic (exact) mass is 443 g/mol. The Labute approximate surface area is 175 Å². The highest BCUT2D eigenvalue weighted by molar-refractivity contribution is 6.33. The fraction of sp³-hybridized carbons (Fsp3) is 0.200. The van der Waals surface area contributed by atoms with E-state index < -0.39 is 29.2 Å². The number of carbonyl (C=O) groups excluding carboxylic acids is 1. The van der Waals surface area contributed by atoms with E-state index in [9.17, 15) is 22.4 Å². The summed E-state index contributed by atoms with van der Waals surface area (Å²) in [5.41, 5.74) is 0.679. The van der Waals surface area contributed by atoms with E-state index in [2.05, 4.69) is 17.0 Å². The van der Waals surface area contributed by atoms with E-state index >= 15 is 0 Å². The lowest BCUT2D eigenvalue weighted by atomic mass is 10.1. The first-order valence-corrected chi connectivity index (χ1v) is 8.93. The van der Waals surface area contributed by atoms with Crippen molar-refractivity contribution in [3.63, 3.8) is 0 Å². The van der Waals surface area contributed by atoms with Gasteiger partial charge >= 0.3 is 5.91 Å². The van der Waals surface area contributed by atoms with Gasteiger partial charge in [0.25, 0.3) is 0 Å². The van der Waals surface area contributed by atoms with Crippen molar-refractivity contribution >= 4 is 29.9 Å². The molecule has 0 atom stereocenters. The molecule has 1 aliphatic rings. The van der Waals surface area contributed by atoms with Gasteiger partial charge in [-0.1, -0.05) is 11.6 Å². The van der Waals surface area contributed by atoms with E-state index in [0.29, 0.717) is 16.5 Å². The topological polar surface area (TPSA) is 53.9 Å². The maximum Gasteiger partial charge on any atom is 0.306 e. The van der Waals surface area contributed by atoms with Crippen molar-refractivity contribution in [2.24, 2.45) is 4.99 Å². The Hall–Kier alpha value is -3.07. The van der Waals surface area contributed by atoms with Crippen LogP contribution in [0.5, 0.6) is 5.75 Å². The number of carbonyl (C=O) groups is 1. The number of benzene rings is 1. The van der Waals surface area contributed by atoms with Gasteiger partial charge in [0.05, 0.1) is 24.5 Å². The molecule has 1 aliphatic carbocycles. The van der Waals surface area contributed by atoms with Gasteiger partial charge in [-0.3, -0.25) is 4.79 Å². The molecule has 30 heavy (non-hydrogen) atoms. The molecule has 2 rings (SSSR count). The quantitative estimate of drug-likeness (QED) is 0.253. The Bertz CT molecular complexity index is 957. The number of amides is 1. The fourth-order valence-corrected chi connectivity index (χ4v) is 2.67. The average Bonchev–Trinajstić information content (AvgIpc) is 2.85. The third-order valence-corrected chi connectivity index (χ3v) is 4.32. The second kappa shape index (κ2) is 10.6. The van der Waals surface area contributed by atoms with Crippen LogP contribution in [0.15, 0.2) is 70.4 Å². The zero-order chi connectivity index (χ0) is 22.3. The molecule has 0 saturated heterocycles. The summed E-state index contributed by atoms with van der Waals surface area (Å²) in [6.07, 6.45) is 2.41. The molecule has 0 aliphatic heterocycles. The minimum atomic E-state index is -1.61. The number of hydrogen-bond acceptors (Lipinski definition) is 4. The molecule has 0 aromatic heterocycles. The molecule has 0 radical (unpaired) electrons. The molecule has 0 heterocycles. The van der Waals surface area contributed by atoms with Crippen LogP contribution in [0.4, 0.5) is 23.2 Å². The van der Waals surface area contributed by atoms with Gasteiger partial charge in [-0.2, -0.15) is 4.39 Å². The average molecular weight is 444 g/mol. The van der Waals surface area contributed by atoms with Crippen molar-refractivity contribution < 1.29 is 27.1 Å². The van der Waals surface area contributed by atoms with Gasteiger partial charge in [0.1, 0.15) is 5.75 Å². The van der Waals surface area contributed by atoms with Crippen LogP contribution in [0.3, 0.4) is 0 Å². The largest absolute Gasteiger partial charge is 0.497 e. The molecule has 1 N–H and O–H groups in total. The van der Waals surface area contributed by atoms with Gasteiger partial charge in [-0.25, -0.2) is 18.2 Å². The summed E-state index contributed by atoms with van der Waals surface area (Å²) in [5, 5.41) is 3.28. The maximum atomic E-state index is 14.0. The first kappa shape index (κ1) is 23.2. The lowest BCUT2D eigenvalue weighted by molar-refractivity contribution is -0.115. The fourth-order valence-electron chi connectivity index (χ4n) is 2.49. The lowest BCUT2D eigenvalue weighted by Crippen LogP contribution is -2.27. The smallest absolute Gasteiger partial charge is 0.306 e. The van der Waals surface area contributed by atoms with Gasteiger partial charge < -0.3 is 15.0 Å². The second-order valence-electron chi connectivity index (χ2n) is 6.09. The highest BCUT2D eigenvalue weighted by Crippen LogP contribution is 2.28. The second-order valence-corrected chi connectivity index (χ2v) is 6.50. The summed E-state index contributed by atoms with van der Waals surface area (Å²) in [7, 11) is 1.47. The SMILES string of the molecule is C=NC(=O)/C(F)=C\N(CNc1cc(OC)ccc1Cl)CC1=CC(F)=C(F)C(F)=CC1. The van der Waals surface area contributed by atoms with Crippen LogP contribution in [-0.4, -0.2) is 37.8 Å². The van der Waals surface area contributed by atoms with Crippen LogP contribution >= 0.6 is 11.6 Å². The van der Waals surface area contributed by atoms with Crippen LogP contribution in [0.25, 0.3) is 0 Å². The van der Waals surface area contributed by atoms with Gasteiger partial charge in [0, 0.05) is 18.8 Å². The number of ether oxygens (including phenoxy) is 1. The molecular weight excluding hydrogens is 426 g/mol. The minimum Gasteiger partial charge on any atom is -0.497 e. The Balaban J connectivity index is 2.26. The Morgan fingerprint density at radius 1 is 1.40 bits per heavy atom. The third kappa shape index (κ3) is 6.21. The molecular formula is C20H18ClF4N3O2. The molecule has 5 nitrogen and oxygen atoms in total.